The summed E-state index contributed by atoms with van der Waals surface area (Å²) in [5.41, 5.74) is 1.96. The lowest BCUT2D eigenvalue weighted by Gasteiger charge is -2.09. The molecule has 0 unspecified atom stereocenters. The second kappa shape index (κ2) is 7.68. The number of amides is 1. The van der Waals surface area contributed by atoms with Crippen molar-refractivity contribution in [2.24, 2.45) is 5.84 Å². The van der Waals surface area contributed by atoms with Crippen LogP contribution < -0.4 is 10.9 Å². The largest absolute Gasteiger partial charge is 0.270 e. The summed E-state index contributed by atoms with van der Waals surface area (Å²) >= 11 is 1.18. The number of nitro benzene ring substituents is 1. The Labute approximate surface area is 153 Å². The predicted octanol–water partition coefficient (Wildman–Crippen LogP) is 3.64. The number of non-ortho nitro benzene ring substituents is 1. The molecule has 0 aliphatic carbocycles. The van der Waals surface area contributed by atoms with Crippen LogP contribution in [0.25, 0.3) is 17.3 Å². The minimum atomic E-state index is -0.468. The van der Waals surface area contributed by atoms with Crippen molar-refractivity contribution in [3.05, 3.63) is 81.7 Å². The van der Waals surface area contributed by atoms with Crippen LogP contribution in [0, 0.1) is 10.1 Å². The Kier molecular flexibility index (Phi) is 5.16. The van der Waals surface area contributed by atoms with E-state index in [9.17, 15) is 14.9 Å². The minimum Gasteiger partial charge on any atom is -0.268 e. The number of carbonyl (C=O) groups is 1. The molecule has 2 N–H and O–H groups in total. The second-order valence-corrected chi connectivity index (χ2v) is 6.11. The van der Waals surface area contributed by atoms with Gasteiger partial charge in [0.05, 0.1) is 10.6 Å². The van der Waals surface area contributed by atoms with Gasteiger partial charge in [0.25, 0.3) is 11.6 Å². The molecule has 1 amide bonds. The molecule has 0 fully saturated rings. The van der Waals surface area contributed by atoms with Crippen LogP contribution in [-0.4, -0.2) is 15.8 Å². The number of thiazole rings is 1. The van der Waals surface area contributed by atoms with E-state index in [0.717, 1.165) is 10.6 Å². The first kappa shape index (κ1) is 17.5. The SMILES string of the molecule is NN(C(=O)C=Cc1ccccc1)c1nc(-c2cccc([N+](=O)[O-])c2)cs1. The maximum atomic E-state index is 12.2. The van der Waals surface area contributed by atoms with Crippen molar-refractivity contribution < 1.29 is 9.72 Å². The van der Waals surface area contributed by atoms with Gasteiger partial charge < -0.3 is 0 Å². The summed E-state index contributed by atoms with van der Waals surface area (Å²) in [4.78, 5) is 26.9. The molecule has 0 spiro atoms. The summed E-state index contributed by atoms with van der Waals surface area (Å²) < 4.78 is 0. The number of hydrogen-bond donors (Lipinski definition) is 1. The first-order chi connectivity index (χ1) is 12.5. The van der Waals surface area contributed by atoms with Crippen molar-refractivity contribution in [2.45, 2.75) is 0 Å². The molecule has 8 heteroatoms. The molecule has 0 aliphatic rings. The molecule has 130 valence electrons. The second-order valence-electron chi connectivity index (χ2n) is 5.28. The Hall–Kier alpha value is -3.36. The molecular weight excluding hydrogens is 352 g/mol. The molecule has 0 bridgehead atoms. The van der Waals surface area contributed by atoms with Gasteiger partial charge in [-0.3, -0.25) is 14.9 Å². The monoisotopic (exact) mass is 366 g/mol. The highest BCUT2D eigenvalue weighted by Gasteiger charge is 2.15. The van der Waals surface area contributed by atoms with E-state index in [1.165, 1.54) is 29.5 Å². The molecule has 0 atom stereocenters. The van der Waals surface area contributed by atoms with E-state index in [1.807, 2.05) is 30.3 Å². The van der Waals surface area contributed by atoms with Crippen molar-refractivity contribution in [3.8, 4) is 11.3 Å². The Balaban J connectivity index is 1.76. The number of aromatic nitrogens is 1. The number of rotatable bonds is 5. The lowest BCUT2D eigenvalue weighted by molar-refractivity contribution is -0.384. The van der Waals surface area contributed by atoms with Gasteiger partial charge in [-0.05, 0) is 11.6 Å². The third kappa shape index (κ3) is 4.00. The third-order valence-corrected chi connectivity index (χ3v) is 4.35. The van der Waals surface area contributed by atoms with Crippen molar-refractivity contribution >= 4 is 34.1 Å². The Morgan fingerprint density at radius 2 is 1.96 bits per heavy atom. The van der Waals surface area contributed by atoms with E-state index in [4.69, 9.17) is 5.84 Å². The van der Waals surface area contributed by atoms with Gasteiger partial charge in [-0.25, -0.2) is 15.8 Å². The summed E-state index contributed by atoms with van der Waals surface area (Å²) in [5.74, 6) is 5.42. The summed E-state index contributed by atoms with van der Waals surface area (Å²) in [7, 11) is 0. The molecule has 2 aromatic carbocycles. The van der Waals surface area contributed by atoms with E-state index >= 15 is 0 Å². The van der Waals surface area contributed by atoms with Crippen LogP contribution in [0.3, 0.4) is 0 Å². The van der Waals surface area contributed by atoms with Crippen LogP contribution >= 0.6 is 11.3 Å². The highest BCUT2D eigenvalue weighted by atomic mass is 32.1. The molecule has 3 rings (SSSR count). The zero-order valence-corrected chi connectivity index (χ0v) is 14.3. The Morgan fingerprint density at radius 3 is 2.69 bits per heavy atom. The van der Waals surface area contributed by atoms with Gasteiger partial charge in [-0.2, -0.15) is 0 Å². The van der Waals surface area contributed by atoms with Crippen LogP contribution in [0.4, 0.5) is 10.8 Å². The number of anilines is 1. The molecule has 26 heavy (non-hydrogen) atoms. The van der Waals surface area contributed by atoms with Crippen LogP contribution in [0.1, 0.15) is 5.56 Å². The molecule has 3 aromatic rings. The molecule has 1 aromatic heterocycles. The first-order valence-corrected chi connectivity index (χ1v) is 8.45. The van der Waals surface area contributed by atoms with Gasteiger partial charge in [0.15, 0.2) is 0 Å². The van der Waals surface area contributed by atoms with E-state index in [0.29, 0.717) is 16.4 Å². The maximum absolute atomic E-state index is 12.2. The van der Waals surface area contributed by atoms with Crippen molar-refractivity contribution in [1.82, 2.24) is 4.98 Å². The van der Waals surface area contributed by atoms with Crippen LogP contribution in [0.15, 0.2) is 66.1 Å². The van der Waals surface area contributed by atoms with E-state index < -0.39 is 10.8 Å². The quantitative estimate of drug-likeness (QED) is 0.244. The summed E-state index contributed by atoms with van der Waals surface area (Å²) in [6.07, 6.45) is 3.03. The zero-order chi connectivity index (χ0) is 18.5. The lowest BCUT2D eigenvalue weighted by atomic mass is 10.1. The molecule has 0 saturated carbocycles. The van der Waals surface area contributed by atoms with Gasteiger partial charge in [-0.15, -0.1) is 11.3 Å². The molecule has 7 nitrogen and oxygen atoms in total. The van der Waals surface area contributed by atoms with Gasteiger partial charge in [-0.1, -0.05) is 42.5 Å². The fourth-order valence-electron chi connectivity index (χ4n) is 2.19. The smallest absolute Gasteiger partial charge is 0.268 e. The lowest BCUT2D eigenvalue weighted by Crippen LogP contribution is -2.36. The predicted molar refractivity (Wildman–Crippen MR) is 101 cm³/mol. The van der Waals surface area contributed by atoms with Gasteiger partial charge in [0.2, 0.25) is 5.13 Å². The number of nitrogens with two attached hydrogens (primary N) is 1. The number of nitrogens with zero attached hydrogens (tertiary/aromatic N) is 3. The number of benzene rings is 2. The summed E-state index contributed by atoms with van der Waals surface area (Å²) in [5, 5.41) is 13.8. The zero-order valence-electron chi connectivity index (χ0n) is 13.5. The molecule has 0 aliphatic heterocycles. The summed E-state index contributed by atoms with van der Waals surface area (Å²) in [6.45, 7) is 0. The van der Waals surface area contributed by atoms with E-state index in [1.54, 1.807) is 23.6 Å². The van der Waals surface area contributed by atoms with E-state index in [-0.39, 0.29) is 5.69 Å². The highest BCUT2D eigenvalue weighted by Crippen LogP contribution is 2.28. The van der Waals surface area contributed by atoms with Crippen molar-refractivity contribution in [2.75, 3.05) is 5.01 Å². The fourth-order valence-corrected chi connectivity index (χ4v) is 2.95. The Bertz CT molecular complexity index is 969. The standard InChI is InChI=1S/C18H14N4O3S/c19-21(17(23)10-9-13-5-2-1-3-6-13)18-20-16(12-26-18)14-7-4-8-15(11-14)22(24)25/h1-12H,19H2. The number of hydrogen-bond acceptors (Lipinski definition) is 6. The fraction of sp³-hybridized carbons (Fsp3) is 0. The third-order valence-electron chi connectivity index (χ3n) is 3.51. The average Bonchev–Trinajstić information content (AvgIpc) is 3.16. The maximum Gasteiger partial charge on any atom is 0.270 e. The van der Waals surface area contributed by atoms with Crippen molar-refractivity contribution in [1.29, 1.82) is 0 Å². The van der Waals surface area contributed by atoms with Gasteiger partial charge in [0.1, 0.15) is 0 Å². The van der Waals surface area contributed by atoms with Gasteiger partial charge >= 0.3 is 0 Å². The van der Waals surface area contributed by atoms with E-state index in [2.05, 4.69) is 4.98 Å². The molecule has 0 radical (unpaired) electrons. The molecule has 1 heterocycles. The average molecular weight is 366 g/mol. The van der Waals surface area contributed by atoms with Crippen molar-refractivity contribution in [3.63, 3.8) is 0 Å². The summed E-state index contributed by atoms with van der Waals surface area (Å²) in [6, 6.07) is 15.5. The highest BCUT2D eigenvalue weighted by molar-refractivity contribution is 7.14. The number of carbonyl (C=O) groups excluding carboxylic acids is 1. The van der Waals surface area contributed by atoms with Crippen LogP contribution in [0.2, 0.25) is 0 Å². The topological polar surface area (TPSA) is 102 Å². The first-order valence-electron chi connectivity index (χ1n) is 7.57. The number of hydrazine groups is 1. The molecule has 0 saturated heterocycles. The van der Waals surface area contributed by atoms with Crippen LogP contribution in [0.5, 0.6) is 0 Å². The number of nitro groups is 1. The minimum absolute atomic E-state index is 0.0245. The molecular formula is C18H14N4O3S. The normalized spacial score (nSPS) is 10.8. The van der Waals surface area contributed by atoms with Crippen LogP contribution in [-0.2, 0) is 4.79 Å². The Morgan fingerprint density at radius 1 is 1.19 bits per heavy atom. The van der Waals surface area contributed by atoms with Gasteiger partial charge in [0, 0.05) is 29.2 Å².